The van der Waals surface area contributed by atoms with Gasteiger partial charge >= 0.3 is 6.03 Å². The second kappa shape index (κ2) is 7.27. The Kier molecular flexibility index (Phi) is 4.64. The van der Waals surface area contributed by atoms with Gasteiger partial charge in [0, 0.05) is 5.69 Å². The monoisotopic (exact) mass is 389 g/mol. The van der Waals surface area contributed by atoms with Gasteiger partial charge in [-0.05, 0) is 60.4 Å². The number of nitrogens with zero attached hydrogens (tertiary/aromatic N) is 1. The number of H-pyrrole nitrogens is 1. The molecular formula is C22H20FN5O. The van der Waals surface area contributed by atoms with E-state index in [1.165, 1.54) is 6.07 Å². The average molecular weight is 389 g/mol. The highest BCUT2D eigenvalue weighted by Gasteiger charge is 2.12. The Morgan fingerprint density at radius 3 is 2.55 bits per heavy atom. The number of nitrogen functional groups attached to an aromatic ring is 1. The lowest BCUT2D eigenvalue weighted by molar-refractivity contribution is 0.262. The molecule has 1 aromatic heterocycles. The molecule has 0 saturated heterocycles. The fourth-order valence-corrected chi connectivity index (χ4v) is 3.28. The molecule has 0 aliphatic rings. The Labute approximate surface area is 166 Å². The third kappa shape index (κ3) is 3.62. The van der Waals surface area contributed by atoms with Crippen molar-refractivity contribution in [3.63, 3.8) is 0 Å². The molecule has 146 valence electrons. The minimum absolute atomic E-state index is 0.136. The molecule has 0 aliphatic carbocycles. The Morgan fingerprint density at radius 1 is 1.03 bits per heavy atom. The van der Waals surface area contributed by atoms with E-state index < -0.39 is 11.8 Å². The lowest BCUT2D eigenvalue weighted by Crippen LogP contribution is -2.20. The molecule has 1 heterocycles. The molecule has 6 nitrogen and oxygen atoms in total. The predicted octanol–water partition coefficient (Wildman–Crippen LogP) is 5.21. The quantitative estimate of drug-likeness (QED) is 0.387. The summed E-state index contributed by atoms with van der Waals surface area (Å²) in [6.45, 7) is 3.82. The SMILES string of the molecule is Cc1ccc(F)c(NC(=O)Nc2ccc(-c3ccc(C)c4[nH]nc(N)c34)cc2)c1. The number of halogens is 1. The number of carbonyl (C=O) groups excluding carboxylic acids is 1. The van der Waals surface area contributed by atoms with Crippen LogP contribution in [0.2, 0.25) is 0 Å². The Balaban J connectivity index is 1.54. The second-order valence-corrected chi connectivity index (χ2v) is 6.93. The highest BCUT2D eigenvalue weighted by atomic mass is 19.1. The van der Waals surface area contributed by atoms with Gasteiger partial charge in [-0.25, -0.2) is 9.18 Å². The molecule has 0 aliphatic heterocycles. The first-order chi connectivity index (χ1) is 13.9. The standard InChI is InChI=1S/C22H20FN5O/c1-12-3-10-17(23)18(11-12)26-22(29)25-15-7-5-14(6-8-15)16-9-4-13(2)20-19(16)21(24)28-27-20/h3-11H,1-2H3,(H3,24,27,28)(H2,25,26,29). The first-order valence-electron chi connectivity index (χ1n) is 9.10. The van der Waals surface area contributed by atoms with Crippen LogP contribution in [0.5, 0.6) is 0 Å². The molecule has 2 amide bonds. The van der Waals surface area contributed by atoms with E-state index in [2.05, 4.69) is 20.8 Å². The van der Waals surface area contributed by atoms with Crippen LogP contribution >= 0.6 is 0 Å². The number of hydrogen-bond acceptors (Lipinski definition) is 3. The van der Waals surface area contributed by atoms with E-state index in [4.69, 9.17) is 5.73 Å². The van der Waals surface area contributed by atoms with Crippen LogP contribution in [0.1, 0.15) is 11.1 Å². The van der Waals surface area contributed by atoms with E-state index in [1.807, 2.05) is 38.1 Å². The molecule has 4 rings (SSSR count). The van der Waals surface area contributed by atoms with Crippen molar-refractivity contribution >= 4 is 34.1 Å². The van der Waals surface area contributed by atoms with E-state index >= 15 is 0 Å². The maximum atomic E-state index is 13.8. The van der Waals surface area contributed by atoms with Crippen LogP contribution in [-0.4, -0.2) is 16.2 Å². The van der Waals surface area contributed by atoms with E-state index in [1.54, 1.807) is 24.3 Å². The lowest BCUT2D eigenvalue weighted by Gasteiger charge is -2.10. The molecule has 0 atom stereocenters. The van der Waals surface area contributed by atoms with Crippen molar-refractivity contribution in [3.8, 4) is 11.1 Å². The zero-order valence-electron chi connectivity index (χ0n) is 16.0. The van der Waals surface area contributed by atoms with Crippen molar-refractivity contribution in [2.45, 2.75) is 13.8 Å². The fourth-order valence-electron chi connectivity index (χ4n) is 3.28. The number of aryl methyl sites for hydroxylation is 2. The first-order valence-corrected chi connectivity index (χ1v) is 9.10. The number of urea groups is 1. The lowest BCUT2D eigenvalue weighted by atomic mass is 9.99. The average Bonchev–Trinajstić information content (AvgIpc) is 3.09. The van der Waals surface area contributed by atoms with Gasteiger partial charge in [0.05, 0.1) is 16.6 Å². The van der Waals surface area contributed by atoms with E-state index in [0.717, 1.165) is 33.2 Å². The highest BCUT2D eigenvalue weighted by molar-refractivity contribution is 6.03. The van der Waals surface area contributed by atoms with Crippen LogP contribution in [0.25, 0.3) is 22.0 Å². The van der Waals surface area contributed by atoms with Crippen LogP contribution < -0.4 is 16.4 Å². The summed E-state index contributed by atoms with van der Waals surface area (Å²) in [5.41, 5.74) is 11.5. The molecule has 0 unspecified atom stereocenters. The molecular weight excluding hydrogens is 369 g/mol. The van der Waals surface area contributed by atoms with Crippen molar-refractivity contribution < 1.29 is 9.18 Å². The van der Waals surface area contributed by atoms with Crippen LogP contribution in [0.4, 0.5) is 26.4 Å². The number of rotatable bonds is 3. The van der Waals surface area contributed by atoms with Gasteiger partial charge in [-0.1, -0.05) is 30.3 Å². The summed E-state index contributed by atoms with van der Waals surface area (Å²) in [5.74, 6) is -0.0392. The van der Waals surface area contributed by atoms with Crippen LogP contribution in [0.3, 0.4) is 0 Å². The van der Waals surface area contributed by atoms with E-state index in [-0.39, 0.29) is 5.69 Å². The Bertz CT molecular complexity index is 1210. The summed E-state index contributed by atoms with van der Waals surface area (Å²) in [5, 5.41) is 13.2. The first kappa shape index (κ1) is 18.5. The topological polar surface area (TPSA) is 95.8 Å². The number of amides is 2. The van der Waals surface area contributed by atoms with Crippen molar-refractivity contribution in [2.24, 2.45) is 0 Å². The number of hydrogen-bond donors (Lipinski definition) is 4. The van der Waals surface area contributed by atoms with Crippen molar-refractivity contribution in [1.82, 2.24) is 10.2 Å². The number of aromatic nitrogens is 2. The maximum absolute atomic E-state index is 13.8. The van der Waals surface area contributed by atoms with E-state index in [0.29, 0.717) is 11.5 Å². The van der Waals surface area contributed by atoms with Gasteiger partial charge in [0.1, 0.15) is 5.82 Å². The van der Waals surface area contributed by atoms with Crippen molar-refractivity contribution in [3.05, 3.63) is 71.5 Å². The molecule has 0 saturated carbocycles. The van der Waals surface area contributed by atoms with Crippen LogP contribution in [0.15, 0.2) is 54.6 Å². The number of benzene rings is 3. The van der Waals surface area contributed by atoms with Gasteiger partial charge in [0.15, 0.2) is 5.82 Å². The van der Waals surface area contributed by atoms with Crippen LogP contribution in [0, 0.1) is 19.7 Å². The van der Waals surface area contributed by atoms with Crippen molar-refractivity contribution in [2.75, 3.05) is 16.4 Å². The van der Waals surface area contributed by atoms with Gasteiger partial charge < -0.3 is 16.4 Å². The summed E-state index contributed by atoms with van der Waals surface area (Å²) in [7, 11) is 0. The number of anilines is 3. The Hall–Kier alpha value is -3.87. The maximum Gasteiger partial charge on any atom is 0.323 e. The summed E-state index contributed by atoms with van der Waals surface area (Å²) < 4.78 is 13.8. The summed E-state index contributed by atoms with van der Waals surface area (Å²) >= 11 is 0. The molecule has 0 bridgehead atoms. The molecule has 0 radical (unpaired) electrons. The number of carbonyl (C=O) groups is 1. The molecule has 7 heteroatoms. The predicted molar refractivity (Wildman–Crippen MR) is 114 cm³/mol. The van der Waals surface area contributed by atoms with Gasteiger partial charge in [0.25, 0.3) is 0 Å². The smallest absolute Gasteiger partial charge is 0.323 e. The summed E-state index contributed by atoms with van der Waals surface area (Å²) in [6, 6.07) is 15.4. The normalized spacial score (nSPS) is 10.9. The number of nitrogens with two attached hydrogens (primary N) is 1. The number of nitrogens with one attached hydrogen (secondary N) is 3. The number of fused-ring (bicyclic) bond motifs is 1. The zero-order valence-corrected chi connectivity index (χ0v) is 16.0. The second-order valence-electron chi connectivity index (χ2n) is 6.93. The van der Waals surface area contributed by atoms with Gasteiger partial charge in [-0.15, -0.1) is 0 Å². The zero-order chi connectivity index (χ0) is 20.5. The van der Waals surface area contributed by atoms with Gasteiger partial charge in [-0.2, -0.15) is 5.10 Å². The van der Waals surface area contributed by atoms with Gasteiger partial charge in [-0.3, -0.25) is 5.10 Å². The van der Waals surface area contributed by atoms with Crippen LogP contribution in [-0.2, 0) is 0 Å². The van der Waals surface area contributed by atoms with E-state index in [9.17, 15) is 9.18 Å². The van der Waals surface area contributed by atoms with Gasteiger partial charge in [0.2, 0.25) is 0 Å². The fraction of sp³-hybridized carbons (Fsp3) is 0.0909. The molecule has 0 spiro atoms. The molecule has 4 aromatic rings. The molecule has 0 fully saturated rings. The Morgan fingerprint density at radius 2 is 1.79 bits per heavy atom. The highest BCUT2D eigenvalue weighted by Crippen LogP contribution is 2.33. The largest absolute Gasteiger partial charge is 0.382 e. The summed E-state index contributed by atoms with van der Waals surface area (Å²) in [4.78, 5) is 12.2. The molecule has 3 aromatic carbocycles. The molecule has 5 N–H and O–H groups in total. The number of aromatic amines is 1. The minimum atomic E-state index is -0.515. The summed E-state index contributed by atoms with van der Waals surface area (Å²) in [6.07, 6.45) is 0. The minimum Gasteiger partial charge on any atom is -0.382 e. The third-order valence-electron chi connectivity index (χ3n) is 4.78. The molecule has 29 heavy (non-hydrogen) atoms. The third-order valence-corrected chi connectivity index (χ3v) is 4.78. The van der Waals surface area contributed by atoms with Crippen molar-refractivity contribution in [1.29, 1.82) is 0 Å².